The van der Waals surface area contributed by atoms with E-state index in [1.54, 1.807) is 42.1 Å². The number of benzene rings is 2. The van der Waals surface area contributed by atoms with E-state index in [1.165, 1.54) is 23.1 Å². The summed E-state index contributed by atoms with van der Waals surface area (Å²) in [7, 11) is 0. The van der Waals surface area contributed by atoms with Crippen molar-refractivity contribution in [1.82, 2.24) is 0 Å². The third-order valence-electron chi connectivity index (χ3n) is 5.03. The summed E-state index contributed by atoms with van der Waals surface area (Å²) in [5, 5.41) is 4.74. The average Bonchev–Trinajstić information content (AvgIpc) is 3.57. The molecule has 174 valence electrons. The van der Waals surface area contributed by atoms with Crippen LogP contribution in [-0.2, 0) is 0 Å². The van der Waals surface area contributed by atoms with Crippen molar-refractivity contribution in [3.8, 4) is 16.6 Å². The highest BCUT2D eigenvalue weighted by molar-refractivity contribution is 9.15. The van der Waals surface area contributed by atoms with Crippen LogP contribution in [0, 0.1) is 0 Å². The van der Waals surface area contributed by atoms with Gasteiger partial charge in [-0.15, -0.1) is 23.1 Å². The summed E-state index contributed by atoms with van der Waals surface area (Å²) in [6.07, 6.45) is 4.64. The molecule has 0 aliphatic carbocycles. The van der Waals surface area contributed by atoms with E-state index >= 15 is 0 Å². The minimum absolute atomic E-state index is 0.117. The number of carbonyl (C=O) groups is 1. The molecule has 0 spiro atoms. The van der Waals surface area contributed by atoms with Gasteiger partial charge in [-0.1, -0.05) is 30.0 Å². The molecule has 3 heterocycles. The van der Waals surface area contributed by atoms with Crippen molar-refractivity contribution in [1.29, 1.82) is 0 Å². The smallest absolute Gasteiger partial charge is 0.282 e. The highest BCUT2D eigenvalue weighted by Crippen LogP contribution is 2.50. The van der Waals surface area contributed by atoms with Gasteiger partial charge in [-0.25, -0.2) is 0 Å². The van der Waals surface area contributed by atoms with Gasteiger partial charge in [0.1, 0.15) is 11.5 Å². The van der Waals surface area contributed by atoms with E-state index in [-0.39, 0.29) is 5.78 Å². The lowest BCUT2D eigenvalue weighted by Gasteiger charge is -2.28. The minimum Gasteiger partial charge on any atom is -0.465 e. The molecule has 0 amide bonds. The molecule has 1 aromatic heterocycles. The molecule has 2 aliphatic heterocycles. The summed E-state index contributed by atoms with van der Waals surface area (Å²) in [6.45, 7) is 0. The van der Waals surface area contributed by atoms with E-state index in [4.69, 9.17) is 14.2 Å². The topological polar surface area (TPSA) is 44.8 Å². The summed E-state index contributed by atoms with van der Waals surface area (Å²) in [5.41, 5.74) is 1.06. The third-order valence-corrected chi connectivity index (χ3v) is 9.37. The van der Waals surface area contributed by atoms with Gasteiger partial charge < -0.3 is 14.2 Å². The van der Waals surface area contributed by atoms with Crippen molar-refractivity contribution in [3.63, 3.8) is 0 Å². The number of rotatable bonds is 8. The van der Waals surface area contributed by atoms with Gasteiger partial charge in [-0.05, 0) is 91.2 Å². The molecule has 0 radical (unpaired) electrons. The van der Waals surface area contributed by atoms with Crippen LogP contribution in [0.1, 0.15) is 22.3 Å². The SMILES string of the molecule is O=C(c1ccc(OC2(Oc3cccs3)C=CSC2)cc1)c1ccccc1OC1(Br)CC=C(Br)S1. The van der Waals surface area contributed by atoms with E-state index < -0.39 is 9.63 Å². The number of ether oxygens (including phenoxy) is 3. The van der Waals surface area contributed by atoms with Gasteiger partial charge in [0.05, 0.1) is 15.1 Å². The maximum atomic E-state index is 13.3. The first-order valence-electron chi connectivity index (χ1n) is 10.3. The lowest BCUT2D eigenvalue weighted by atomic mass is 10.0. The Morgan fingerprint density at radius 2 is 1.79 bits per heavy atom. The number of carbonyl (C=O) groups excluding carboxylic acids is 1. The molecule has 2 unspecified atom stereocenters. The number of para-hydroxylation sites is 1. The Labute approximate surface area is 227 Å². The molecular formula is C25H18Br2O4S3. The molecule has 0 fully saturated rings. The molecule has 2 aromatic carbocycles. The number of alkyl halides is 1. The van der Waals surface area contributed by atoms with Gasteiger partial charge in [0.25, 0.3) is 5.79 Å². The predicted molar refractivity (Wildman–Crippen MR) is 148 cm³/mol. The third kappa shape index (κ3) is 5.44. The molecule has 4 nitrogen and oxygen atoms in total. The Kier molecular flexibility index (Phi) is 7.18. The molecule has 0 bridgehead atoms. The van der Waals surface area contributed by atoms with Crippen LogP contribution >= 0.6 is 66.7 Å². The van der Waals surface area contributed by atoms with Crippen LogP contribution in [0.4, 0.5) is 0 Å². The summed E-state index contributed by atoms with van der Waals surface area (Å²) in [4.78, 5) is 13.3. The highest BCUT2D eigenvalue weighted by atomic mass is 79.9. The lowest BCUT2D eigenvalue weighted by Crippen LogP contribution is -2.41. The van der Waals surface area contributed by atoms with Crippen molar-refractivity contribution in [3.05, 3.63) is 98.5 Å². The number of ketones is 1. The zero-order chi connectivity index (χ0) is 23.6. The van der Waals surface area contributed by atoms with Crippen LogP contribution in [0.15, 0.2) is 87.4 Å². The van der Waals surface area contributed by atoms with Crippen molar-refractivity contribution in [2.24, 2.45) is 0 Å². The van der Waals surface area contributed by atoms with Crippen LogP contribution in [0.3, 0.4) is 0 Å². The molecule has 0 N–H and O–H groups in total. The monoisotopic (exact) mass is 636 g/mol. The molecule has 0 saturated heterocycles. The van der Waals surface area contributed by atoms with Crippen LogP contribution in [0.25, 0.3) is 0 Å². The van der Waals surface area contributed by atoms with Gasteiger partial charge in [-0.2, -0.15) is 0 Å². The second-order valence-corrected chi connectivity index (χ2v) is 13.8. The van der Waals surface area contributed by atoms with Gasteiger partial charge in [-0.3, -0.25) is 4.79 Å². The molecule has 2 atom stereocenters. The number of thioether (sulfide) groups is 2. The molecule has 0 saturated carbocycles. The van der Waals surface area contributed by atoms with Crippen LogP contribution in [-0.4, -0.2) is 21.2 Å². The second kappa shape index (κ2) is 10.1. The summed E-state index contributed by atoms with van der Waals surface area (Å²) < 4.78 is 18.9. The van der Waals surface area contributed by atoms with Crippen LogP contribution in [0.2, 0.25) is 0 Å². The van der Waals surface area contributed by atoms with E-state index in [1.807, 2.05) is 53.3 Å². The fourth-order valence-corrected chi connectivity index (χ4v) is 8.13. The van der Waals surface area contributed by atoms with Crippen molar-refractivity contribution >= 4 is 72.5 Å². The Bertz CT molecular complexity index is 1240. The molecular weight excluding hydrogens is 620 g/mol. The summed E-state index contributed by atoms with van der Waals surface area (Å²) in [6, 6.07) is 18.3. The molecule has 3 aromatic rings. The predicted octanol–water partition coefficient (Wildman–Crippen LogP) is 8.19. The fourth-order valence-electron chi connectivity index (χ4n) is 3.43. The van der Waals surface area contributed by atoms with E-state index in [0.29, 0.717) is 34.8 Å². The first kappa shape index (κ1) is 24.1. The number of hydrogen-bond acceptors (Lipinski definition) is 7. The minimum atomic E-state index is -0.868. The van der Waals surface area contributed by atoms with Gasteiger partial charge >= 0.3 is 0 Å². The maximum absolute atomic E-state index is 13.3. The maximum Gasteiger partial charge on any atom is 0.282 e. The Balaban J connectivity index is 1.32. The average molecular weight is 638 g/mol. The number of hydrogen-bond donors (Lipinski definition) is 0. The zero-order valence-corrected chi connectivity index (χ0v) is 23.2. The molecule has 9 heteroatoms. The van der Waals surface area contributed by atoms with Crippen LogP contribution < -0.4 is 14.2 Å². The van der Waals surface area contributed by atoms with E-state index in [0.717, 1.165) is 8.88 Å². The first-order valence-corrected chi connectivity index (χ1v) is 14.6. The first-order chi connectivity index (χ1) is 16.4. The standard InChI is InChI=1S/C25H18Br2O4S3/c26-21-11-12-25(27,34-21)30-20-5-2-1-4-19(20)23(28)17-7-9-18(10-8-17)29-24(13-15-32-16-24)31-22-6-3-14-33-22/h1-11,13-15H,12,16H2. The van der Waals surface area contributed by atoms with Crippen molar-refractivity contribution in [2.45, 2.75) is 16.1 Å². The van der Waals surface area contributed by atoms with Gasteiger partial charge in [0, 0.05) is 18.1 Å². The number of halogens is 2. The van der Waals surface area contributed by atoms with Gasteiger partial charge in [0.2, 0.25) is 3.84 Å². The van der Waals surface area contributed by atoms with Crippen molar-refractivity contribution in [2.75, 3.05) is 5.75 Å². The molecule has 34 heavy (non-hydrogen) atoms. The molecule has 5 rings (SSSR count). The number of thiophene rings is 1. The quantitative estimate of drug-likeness (QED) is 0.141. The van der Waals surface area contributed by atoms with Crippen LogP contribution in [0.5, 0.6) is 16.6 Å². The highest BCUT2D eigenvalue weighted by Gasteiger charge is 2.37. The van der Waals surface area contributed by atoms with Crippen molar-refractivity contribution < 1.29 is 19.0 Å². The zero-order valence-electron chi connectivity index (χ0n) is 17.6. The Morgan fingerprint density at radius 1 is 0.971 bits per heavy atom. The second-order valence-electron chi connectivity index (χ2n) is 7.49. The lowest BCUT2D eigenvalue weighted by molar-refractivity contribution is -0.0452. The molecule has 2 aliphatic rings. The summed E-state index contributed by atoms with van der Waals surface area (Å²) >= 11 is 11.8. The van der Waals surface area contributed by atoms with Gasteiger partial charge in [0.15, 0.2) is 10.8 Å². The Morgan fingerprint density at radius 3 is 2.47 bits per heavy atom. The normalized spacial score (nSPS) is 23.5. The fraction of sp³-hybridized carbons (Fsp3) is 0.160. The van der Waals surface area contributed by atoms with E-state index in [2.05, 4.69) is 31.9 Å². The Hall–Kier alpha value is -1.65. The largest absolute Gasteiger partial charge is 0.465 e. The van der Waals surface area contributed by atoms with E-state index in [9.17, 15) is 4.79 Å². The summed E-state index contributed by atoms with van der Waals surface area (Å²) in [5.74, 6) is 0.821.